The lowest BCUT2D eigenvalue weighted by Crippen LogP contribution is -2.12. The molecule has 0 radical (unpaired) electrons. The smallest absolute Gasteiger partial charge is 0.248 e. The minimum absolute atomic E-state index is 0.0322. The van der Waals surface area contributed by atoms with Crippen molar-refractivity contribution >= 4 is 16.9 Å². The Labute approximate surface area is 119 Å². The third-order valence-electron chi connectivity index (χ3n) is 3.39. The molecule has 2 rings (SSSR count). The molecule has 4 nitrogen and oxygen atoms in total. The lowest BCUT2D eigenvalue weighted by Gasteiger charge is -2.02. The first-order valence-corrected chi connectivity index (χ1v) is 7.27. The summed E-state index contributed by atoms with van der Waals surface area (Å²) in [4.78, 5) is 12.1. The summed E-state index contributed by atoms with van der Waals surface area (Å²) in [5.41, 5.74) is 1.56. The molecule has 0 fully saturated rings. The van der Waals surface area contributed by atoms with Crippen LogP contribution in [-0.4, -0.2) is 20.9 Å². The summed E-state index contributed by atoms with van der Waals surface area (Å²) in [5.74, 6) is 0.0322. The average Bonchev–Trinajstić information content (AvgIpc) is 2.90. The van der Waals surface area contributed by atoms with Gasteiger partial charge in [0.05, 0.1) is 5.52 Å². The zero-order valence-corrected chi connectivity index (χ0v) is 11.8. The maximum atomic E-state index is 12.1. The summed E-state index contributed by atoms with van der Waals surface area (Å²) < 4.78 is 1.42. The van der Waals surface area contributed by atoms with Gasteiger partial charge in [0, 0.05) is 6.42 Å². The highest BCUT2D eigenvalue weighted by molar-refractivity contribution is 5.88. The number of hydrogen-bond donors (Lipinski definition) is 0. The number of carbonyl (C=O) groups is 1. The maximum absolute atomic E-state index is 12.1. The normalized spacial score (nSPS) is 10.8. The Hall–Kier alpha value is -1.97. The van der Waals surface area contributed by atoms with Crippen molar-refractivity contribution in [1.82, 2.24) is 15.0 Å². The monoisotopic (exact) mass is 271 g/mol. The van der Waals surface area contributed by atoms with Crippen molar-refractivity contribution in [2.45, 2.75) is 44.9 Å². The quantitative estimate of drug-likeness (QED) is 0.539. The van der Waals surface area contributed by atoms with Crippen LogP contribution >= 0.6 is 0 Å². The second kappa shape index (κ2) is 7.58. The minimum atomic E-state index is 0.0322. The van der Waals surface area contributed by atoms with Crippen molar-refractivity contribution in [2.24, 2.45) is 0 Å². The Bertz CT molecular complexity index is 574. The van der Waals surface area contributed by atoms with Gasteiger partial charge in [-0.05, 0) is 31.4 Å². The molecular weight excluding hydrogens is 250 g/mol. The predicted octanol–water partition coefficient (Wildman–Crippen LogP) is 3.99. The van der Waals surface area contributed by atoms with Crippen LogP contribution in [0.25, 0.3) is 11.0 Å². The Morgan fingerprint density at radius 2 is 1.90 bits per heavy atom. The Morgan fingerprint density at radius 3 is 2.75 bits per heavy atom. The molecule has 0 atom stereocenters. The molecule has 0 unspecified atom stereocenters. The van der Waals surface area contributed by atoms with E-state index in [1.165, 1.54) is 23.9 Å². The van der Waals surface area contributed by atoms with Gasteiger partial charge in [0.2, 0.25) is 5.91 Å². The van der Waals surface area contributed by atoms with Gasteiger partial charge in [-0.2, -0.15) is 4.68 Å². The summed E-state index contributed by atoms with van der Waals surface area (Å²) in [7, 11) is 0. The van der Waals surface area contributed by atoms with E-state index in [0.29, 0.717) is 6.42 Å². The molecule has 0 aliphatic rings. The maximum Gasteiger partial charge on any atom is 0.248 e. The average molecular weight is 271 g/mol. The van der Waals surface area contributed by atoms with Crippen LogP contribution in [0.1, 0.15) is 49.7 Å². The van der Waals surface area contributed by atoms with Crippen LogP contribution in [-0.2, 0) is 0 Å². The van der Waals surface area contributed by atoms with Gasteiger partial charge >= 0.3 is 0 Å². The molecule has 2 aromatic rings. The van der Waals surface area contributed by atoms with E-state index < -0.39 is 0 Å². The molecule has 0 spiro atoms. The van der Waals surface area contributed by atoms with E-state index >= 15 is 0 Å². The van der Waals surface area contributed by atoms with Crippen LogP contribution in [0.4, 0.5) is 0 Å². The highest BCUT2D eigenvalue weighted by Gasteiger charge is 2.10. The summed E-state index contributed by atoms with van der Waals surface area (Å²) in [6.45, 7) is 3.71. The number of fused-ring (bicyclic) bond motifs is 1. The third kappa shape index (κ3) is 3.76. The molecule has 1 heterocycles. The topological polar surface area (TPSA) is 47.8 Å². The zero-order chi connectivity index (χ0) is 14.2. The standard InChI is InChI=1S/C16H21N3O/c1-2-3-4-5-6-7-8-13-16(20)19-15-12-10-9-11-14(15)17-18-19/h2,9-12H,1,3-8,13H2. The van der Waals surface area contributed by atoms with E-state index in [1.807, 2.05) is 30.3 Å². The fourth-order valence-electron chi connectivity index (χ4n) is 2.25. The van der Waals surface area contributed by atoms with E-state index in [2.05, 4.69) is 16.9 Å². The summed E-state index contributed by atoms with van der Waals surface area (Å²) in [5, 5.41) is 7.94. The highest BCUT2D eigenvalue weighted by atomic mass is 16.2. The third-order valence-corrected chi connectivity index (χ3v) is 3.39. The second-order valence-corrected chi connectivity index (χ2v) is 4.98. The molecule has 4 heteroatoms. The van der Waals surface area contributed by atoms with E-state index in [-0.39, 0.29) is 5.91 Å². The second-order valence-electron chi connectivity index (χ2n) is 4.98. The molecule has 1 aromatic carbocycles. The van der Waals surface area contributed by atoms with Crippen LogP contribution in [0.15, 0.2) is 36.9 Å². The molecule has 0 bridgehead atoms. The van der Waals surface area contributed by atoms with Crippen molar-refractivity contribution < 1.29 is 4.79 Å². The number of aromatic nitrogens is 3. The number of rotatable bonds is 8. The van der Waals surface area contributed by atoms with Crippen molar-refractivity contribution in [3.63, 3.8) is 0 Å². The van der Waals surface area contributed by atoms with Gasteiger partial charge in [-0.15, -0.1) is 11.7 Å². The number of hydrogen-bond acceptors (Lipinski definition) is 3. The first-order chi connectivity index (χ1) is 9.83. The number of unbranched alkanes of at least 4 members (excludes halogenated alkanes) is 5. The zero-order valence-electron chi connectivity index (χ0n) is 11.8. The number of nitrogens with zero attached hydrogens (tertiary/aromatic N) is 3. The largest absolute Gasteiger partial charge is 0.273 e. The van der Waals surface area contributed by atoms with Crippen molar-refractivity contribution in [3.8, 4) is 0 Å². The summed E-state index contributed by atoms with van der Waals surface area (Å²) in [6.07, 6.45) is 9.19. The van der Waals surface area contributed by atoms with Gasteiger partial charge in [-0.3, -0.25) is 4.79 Å². The molecule has 0 amide bonds. The van der Waals surface area contributed by atoms with Crippen LogP contribution < -0.4 is 0 Å². The molecular formula is C16H21N3O. The first-order valence-electron chi connectivity index (χ1n) is 7.27. The van der Waals surface area contributed by atoms with Crippen LogP contribution in [0, 0.1) is 0 Å². The first kappa shape index (κ1) is 14.4. The summed E-state index contributed by atoms with van der Waals surface area (Å²) >= 11 is 0. The molecule has 0 aliphatic carbocycles. The fraction of sp³-hybridized carbons (Fsp3) is 0.438. The lowest BCUT2D eigenvalue weighted by molar-refractivity contribution is 0.0886. The van der Waals surface area contributed by atoms with Crippen molar-refractivity contribution in [3.05, 3.63) is 36.9 Å². The van der Waals surface area contributed by atoms with Crippen molar-refractivity contribution in [2.75, 3.05) is 0 Å². The van der Waals surface area contributed by atoms with Crippen LogP contribution in [0.5, 0.6) is 0 Å². The van der Waals surface area contributed by atoms with E-state index in [1.54, 1.807) is 0 Å². The van der Waals surface area contributed by atoms with Gasteiger partial charge in [-0.1, -0.05) is 42.7 Å². The predicted molar refractivity (Wildman–Crippen MR) is 80.7 cm³/mol. The number of benzene rings is 1. The molecule has 0 saturated heterocycles. The van der Waals surface area contributed by atoms with E-state index in [4.69, 9.17) is 0 Å². The molecule has 1 aromatic heterocycles. The Kier molecular flexibility index (Phi) is 5.47. The molecule has 0 saturated carbocycles. The minimum Gasteiger partial charge on any atom is -0.273 e. The highest BCUT2D eigenvalue weighted by Crippen LogP contribution is 2.12. The SMILES string of the molecule is C=CCCCCCCCC(=O)n1nnc2ccccc21. The van der Waals surface area contributed by atoms with E-state index in [9.17, 15) is 4.79 Å². The molecule has 0 aliphatic heterocycles. The Morgan fingerprint density at radius 1 is 1.15 bits per heavy atom. The molecule has 20 heavy (non-hydrogen) atoms. The fourth-order valence-corrected chi connectivity index (χ4v) is 2.25. The van der Waals surface area contributed by atoms with Crippen LogP contribution in [0.2, 0.25) is 0 Å². The Balaban J connectivity index is 1.76. The molecule has 0 N–H and O–H groups in total. The van der Waals surface area contributed by atoms with Crippen molar-refractivity contribution in [1.29, 1.82) is 0 Å². The number of allylic oxidation sites excluding steroid dienone is 1. The van der Waals surface area contributed by atoms with Gasteiger partial charge < -0.3 is 0 Å². The molecule has 106 valence electrons. The lowest BCUT2D eigenvalue weighted by atomic mass is 10.1. The van der Waals surface area contributed by atoms with E-state index in [0.717, 1.165) is 30.3 Å². The van der Waals surface area contributed by atoms with Crippen LogP contribution in [0.3, 0.4) is 0 Å². The summed E-state index contributed by atoms with van der Waals surface area (Å²) in [6, 6.07) is 7.54. The number of para-hydroxylation sites is 1. The van der Waals surface area contributed by atoms with Gasteiger partial charge in [0.25, 0.3) is 0 Å². The number of carbonyl (C=O) groups excluding carboxylic acids is 1. The van der Waals surface area contributed by atoms with Gasteiger partial charge in [-0.25, -0.2) is 0 Å². The van der Waals surface area contributed by atoms with Gasteiger partial charge in [0.1, 0.15) is 5.52 Å². The van der Waals surface area contributed by atoms with Gasteiger partial charge in [0.15, 0.2) is 0 Å².